The van der Waals surface area contributed by atoms with E-state index in [1.165, 1.54) is 0 Å². The molecular weight excluding hydrogens is 240 g/mol. The lowest BCUT2D eigenvalue weighted by Crippen LogP contribution is -2.59. The van der Waals surface area contributed by atoms with Crippen LogP contribution in [-0.2, 0) is 14.3 Å². The molecule has 104 valence electrons. The van der Waals surface area contributed by atoms with Crippen LogP contribution in [0.2, 0.25) is 0 Å². The predicted octanol–water partition coefficient (Wildman–Crippen LogP) is -1.18. The summed E-state index contributed by atoms with van der Waals surface area (Å²) in [5, 5.41) is 17.7. The first-order valence-corrected chi connectivity index (χ1v) is 5.98. The Morgan fingerprint density at radius 3 is 2.22 bits per heavy atom. The summed E-state index contributed by atoms with van der Waals surface area (Å²) in [4.78, 5) is 22.5. The van der Waals surface area contributed by atoms with Gasteiger partial charge in [-0.15, -0.1) is 0 Å². The average Bonchev–Trinajstić information content (AvgIpc) is 2.38. The van der Waals surface area contributed by atoms with Gasteiger partial charge in [0.05, 0.1) is 6.61 Å². The van der Waals surface area contributed by atoms with Crippen molar-refractivity contribution in [3.63, 3.8) is 0 Å². The molecule has 7 nitrogen and oxygen atoms in total. The number of aliphatic carboxylic acids is 1. The van der Waals surface area contributed by atoms with Crippen LogP contribution in [0.15, 0.2) is 0 Å². The lowest BCUT2D eigenvalue weighted by atomic mass is 9.87. The maximum atomic E-state index is 11.6. The van der Waals surface area contributed by atoms with E-state index in [4.69, 9.17) is 26.4 Å². The van der Waals surface area contributed by atoms with E-state index >= 15 is 0 Å². The van der Waals surface area contributed by atoms with E-state index in [0.717, 1.165) is 12.8 Å². The molecule has 0 aromatic carbocycles. The van der Waals surface area contributed by atoms with Crippen LogP contribution in [0.3, 0.4) is 0 Å². The van der Waals surface area contributed by atoms with Gasteiger partial charge in [-0.3, -0.25) is 0 Å². The van der Waals surface area contributed by atoms with Gasteiger partial charge in [-0.1, -0.05) is 0 Å². The number of carboxylic acid groups (broad SMARTS) is 1. The van der Waals surface area contributed by atoms with Crippen LogP contribution in [0, 0.1) is 5.92 Å². The van der Waals surface area contributed by atoms with E-state index in [-0.39, 0.29) is 6.10 Å². The molecular formula is C11H20N2O5. The SMILES string of the molecule is NCC1CCC(OC(=O)[C@@](N)(CO)C(=O)O)CC1. The minimum absolute atomic E-state index is 0.339. The molecule has 1 aliphatic rings. The van der Waals surface area contributed by atoms with Crippen LogP contribution in [0.4, 0.5) is 0 Å². The van der Waals surface area contributed by atoms with Gasteiger partial charge < -0.3 is 26.4 Å². The number of carboxylic acids is 1. The standard InChI is InChI=1S/C11H20N2O5/c12-5-7-1-3-8(4-2-7)18-10(17)11(13,6-14)9(15)16/h7-8,14H,1-6,12-13H2,(H,15,16)/t7?,8?,11-/m1/s1. The van der Waals surface area contributed by atoms with E-state index in [9.17, 15) is 9.59 Å². The summed E-state index contributed by atoms with van der Waals surface area (Å²) in [6.07, 6.45) is 2.65. The third-order valence-corrected chi connectivity index (χ3v) is 3.40. The molecule has 1 fully saturated rings. The van der Waals surface area contributed by atoms with Gasteiger partial charge in [0, 0.05) is 0 Å². The second-order valence-corrected chi connectivity index (χ2v) is 4.72. The van der Waals surface area contributed by atoms with Gasteiger partial charge in [-0.05, 0) is 38.1 Å². The summed E-state index contributed by atoms with van der Waals surface area (Å²) >= 11 is 0. The largest absolute Gasteiger partial charge is 0.479 e. The highest BCUT2D eigenvalue weighted by atomic mass is 16.5. The molecule has 0 spiro atoms. The molecule has 0 bridgehead atoms. The topological polar surface area (TPSA) is 136 Å². The number of carbonyl (C=O) groups is 2. The van der Waals surface area contributed by atoms with Crippen molar-refractivity contribution in [3.8, 4) is 0 Å². The normalized spacial score (nSPS) is 27.3. The maximum Gasteiger partial charge on any atom is 0.340 e. The third-order valence-electron chi connectivity index (χ3n) is 3.40. The number of esters is 1. The van der Waals surface area contributed by atoms with Crippen molar-refractivity contribution in [1.29, 1.82) is 0 Å². The van der Waals surface area contributed by atoms with Crippen molar-refractivity contribution in [1.82, 2.24) is 0 Å². The number of aliphatic hydroxyl groups excluding tert-OH is 1. The highest BCUT2D eigenvalue weighted by Crippen LogP contribution is 2.26. The van der Waals surface area contributed by atoms with E-state index < -0.39 is 24.1 Å². The van der Waals surface area contributed by atoms with Gasteiger partial charge in [0.15, 0.2) is 0 Å². The molecule has 6 N–H and O–H groups in total. The molecule has 0 radical (unpaired) electrons. The van der Waals surface area contributed by atoms with Gasteiger partial charge in [0.25, 0.3) is 0 Å². The highest BCUT2D eigenvalue weighted by Gasteiger charge is 2.44. The van der Waals surface area contributed by atoms with Gasteiger partial charge in [-0.25, -0.2) is 9.59 Å². The summed E-state index contributed by atoms with van der Waals surface area (Å²) in [5.41, 5.74) is 8.48. The summed E-state index contributed by atoms with van der Waals surface area (Å²) in [6, 6.07) is 0. The van der Waals surface area contributed by atoms with Crippen LogP contribution in [-0.4, -0.2) is 46.9 Å². The summed E-state index contributed by atoms with van der Waals surface area (Å²) in [5.74, 6) is -2.25. The smallest absolute Gasteiger partial charge is 0.340 e. The molecule has 0 amide bonds. The van der Waals surface area contributed by atoms with Crippen molar-refractivity contribution >= 4 is 11.9 Å². The number of rotatable bonds is 5. The van der Waals surface area contributed by atoms with Gasteiger partial charge in [-0.2, -0.15) is 0 Å². The van der Waals surface area contributed by atoms with E-state index in [1.807, 2.05) is 0 Å². The molecule has 0 aliphatic heterocycles. The van der Waals surface area contributed by atoms with Crippen molar-refractivity contribution in [2.75, 3.05) is 13.2 Å². The van der Waals surface area contributed by atoms with Crippen molar-refractivity contribution in [3.05, 3.63) is 0 Å². The molecule has 0 unspecified atom stereocenters. The predicted molar refractivity (Wildman–Crippen MR) is 62.5 cm³/mol. The van der Waals surface area contributed by atoms with Crippen LogP contribution < -0.4 is 11.5 Å². The molecule has 0 aromatic heterocycles. The van der Waals surface area contributed by atoms with Gasteiger partial charge >= 0.3 is 11.9 Å². The minimum Gasteiger partial charge on any atom is -0.479 e. The molecule has 1 saturated carbocycles. The monoisotopic (exact) mass is 260 g/mol. The zero-order valence-electron chi connectivity index (χ0n) is 10.2. The number of aliphatic hydroxyl groups is 1. The van der Waals surface area contributed by atoms with Crippen molar-refractivity contribution < 1.29 is 24.5 Å². The Hall–Kier alpha value is -1.18. The zero-order chi connectivity index (χ0) is 13.8. The summed E-state index contributed by atoms with van der Waals surface area (Å²) in [6.45, 7) is -0.382. The van der Waals surface area contributed by atoms with Gasteiger partial charge in [0.1, 0.15) is 6.10 Å². The molecule has 1 atom stereocenters. The number of hydrogen-bond donors (Lipinski definition) is 4. The zero-order valence-corrected chi connectivity index (χ0v) is 10.2. The van der Waals surface area contributed by atoms with Crippen LogP contribution in [0.5, 0.6) is 0 Å². The van der Waals surface area contributed by atoms with Crippen molar-refractivity contribution in [2.45, 2.75) is 37.3 Å². The molecule has 1 aliphatic carbocycles. The fourth-order valence-corrected chi connectivity index (χ4v) is 1.96. The number of nitrogens with two attached hydrogens (primary N) is 2. The Balaban J connectivity index is 2.53. The average molecular weight is 260 g/mol. The Kier molecular flexibility index (Phi) is 5.06. The lowest BCUT2D eigenvalue weighted by Gasteiger charge is -2.29. The summed E-state index contributed by atoms with van der Waals surface area (Å²) in [7, 11) is 0. The maximum absolute atomic E-state index is 11.6. The fourth-order valence-electron chi connectivity index (χ4n) is 1.96. The van der Waals surface area contributed by atoms with Gasteiger partial charge in [0.2, 0.25) is 5.54 Å². The number of carbonyl (C=O) groups excluding carboxylic acids is 1. The lowest BCUT2D eigenvalue weighted by molar-refractivity contribution is -0.168. The van der Waals surface area contributed by atoms with Crippen LogP contribution in [0.25, 0.3) is 0 Å². The fraction of sp³-hybridized carbons (Fsp3) is 0.818. The first-order valence-electron chi connectivity index (χ1n) is 5.98. The second kappa shape index (κ2) is 6.12. The molecule has 0 heterocycles. The second-order valence-electron chi connectivity index (χ2n) is 4.72. The third kappa shape index (κ3) is 3.18. The van der Waals surface area contributed by atoms with Crippen molar-refractivity contribution in [2.24, 2.45) is 17.4 Å². The first-order chi connectivity index (χ1) is 8.43. The number of ether oxygens (including phenoxy) is 1. The van der Waals surface area contributed by atoms with Crippen LogP contribution >= 0.6 is 0 Å². The molecule has 7 heteroatoms. The Morgan fingerprint density at radius 2 is 1.83 bits per heavy atom. The Bertz CT molecular complexity index is 315. The summed E-state index contributed by atoms with van der Waals surface area (Å²) < 4.78 is 5.06. The Labute approximate surface area is 105 Å². The van der Waals surface area contributed by atoms with E-state index in [2.05, 4.69) is 0 Å². The quantitative estimate of drug-likeness (QED) is 0.361. The Morgan fingerprint density at radius 1 is 1.28 bits per heavy atom. The molecule has 1 rings (SSSR count). The first kappa shape index (κ1) is 14.9. The number of hydrogen-bond acceptors (Lipinski definition) is 6. The van der Waals surface area contributed by atoms with E-state index in [1.54, 1.807) is 0 Å². The van der Waals surface area contributed by atoms with Crippen LogP contribution in [0.1, 0.15) is 25.7 Å². The molecule has 0 aromatic rings. The highest BCUT2D eigenvalue weighted by molar-refractivity contribution is 6.04. The van der Waals surface area contributed by atoms with E-state index in [0.29, 0.717) is 25.3 Å². The molecule has 18 heavy (non-hydrogen) atoms. The molecule has 0 saturated heterocycles. The minimum atomic E-state index is -2.37.